The van der Waals surface area contributed by atoms with E-state index in [1.165, 1.54) is 20.9 Å². The minimum Gasteiger partial charge on any atom is -0.324 e. The first-order valence-corrected chi connectivity index (χ1v) is 7.11. The van der Waals surface area contributed by atoms with Crippen molar-refractivity contribution in [3.8, 4) is 0 Å². The smallest absolute Gasteiger partial charge is 0.0303 e. The SMILES string of the molecule is CCC(N)c1ccccc1Sc1cccc(C)c1. The Balaban J connectivity index is 2.29. The van der Waals surface area contributed by atoms with Gasteiger partial charge in [0, 0.05) is 15.8 Å². The molecule has 18 heavy (non-hydrogen) atoms. The van der Waals surface area contributed by atoms with Crippen LogP contribution in [-0.4, -0.2) is 0 Å². The van der Waals surface area contributed by atoms with Crippen LogP contribution in [0.2, 0.25) is 0 Å². The molecule has 1 unspecified atom stereocenters. The molecule has 0 saturated carbocycles. The van der Waals surface area contributed by atoms with E-state index in [0.29, 0.717) is 0 Å². The Morgan fingerprint density at radius 3 is 2.61 bits per heavy atom. The number of hydrogen-bond donors (Lipinski definition) is 1. The van der Waals surface area contributed by atoms with Gasteiger partial charge in [-0.3, -0.25) is 0 Å². The topological polar surface area (TPSA) is 26.0 Å². The van der Waals surface area contributed by atoms with E-state index < -0.39 is 0 Å². The minimum atomic E-state index is 0.124. The summed E-state index contributed by atoms with van der Waals surface area (Å²) in [5, 5.41) is 0. The maximum absolute atomic E-state index is 6.17. The fourth-order valence-electron chi connectivity index (χ4n) is 1.91. The van der Waals surface area contributed by atoms with Crippen LogP contribution in [0.25, 0.3) is 0 Å². The van der Waals surface area contributed by atoms with Crippen LogP contribution in [0.4, 0.5) is 0 Å². The van der Waals surface area contributed by atoms with Crippen molar-refractivity contribution in [2.24, 2.45) is 5.73 Å². The fourth-order valence-corrected chi connectivity index (χ4v) is 3.03. The Labute approximate surface area is 113 Å². The van der Waals surface area contributed by atoms with Crippen molar-refractivity contribution in [2.75, 3.05) is 0 Å². The maximum atomic E-state index is 6.17. The average molecular weight is 257 g/mol. The Hall–Kier alpha value is -1.25. The number of aryl methyl sites for hydroxylation is 1. The Morgan fingerprint density at radius 1 is 1.11 bits per heavy atom. The van der Waals surface area contributed by atoms with Crippen molar-refractivity contribution in [3.63, 3.8) is 0 Å². The van der Waals surface area contributed by atoms with Crippen LogP contribution in [0.1, 0.15) is 30.5 Å². The molecule has 0 spiro atoms. The van der Waals surface area contributed by atoms with Crippen molar-refractivity contribution in [3.05, 3.63) is 59.7 Å². The highest BCUT2D eigenvalue weighted by molar-refractivity contribution is 7.99. The molecule has 2 aromatic carbocycles. The quantitative estimate of drug-likeness (QED) is 0.869. The predicted octanol–water partition coefficient (Wildman–Crippen LogP) is 4.56. The number of nitrogens with two attached hydrogens (primary N) is 1. The molecule has 0 aromatic heterocycles. The highest BCUT2D eigenvalue weighted by Gasteiger charge is 2.09. The molecule has 94 valence electrons. The molecule has 1 atom stereocenters. The summed E-state index contributed by atoms with van der Waals surface area (Å²) in [6.07, 6.45) is 0.964. The van der Waals surface area contributed by atoms with Gasteiger partial charge in [0.1, 0.15) is 0 Å². The lowest BCUT2D eigenvalue weighted by Crippen LogP contribution is -2.09. The van der Waals surface area contributed by atoms with Crippen LogP contribution in [0.3, 0.4) is 0 Å². The first kappa shape index (κ1) is 13.2. The highest BCUT2D eigenvalue weighted by Crippen LogP contribution is 2.33. The van der Waals surface area contributed by atoms with Gasteiger partial charge in [-0.15, -0.1) is 0 Å². The van der Waals surface area contributed by atoms with Crippen molar-refractivity contribution in [1.82, 2.24) is 0 Å². The molecular weight excluding hydrogens is 238 g/mol. The molecule has 0 fully saturated rings. The molecule has 2 N–H and O–H groups in total. The predicted molar refractivity (Wildman–Crippen MR) is 79.0 cm³/mol. The van der Waals surface area contributed by atoms with Gasteiger partial charge in [-0.25, -0.2) is 0 Å². The van der Waals surface area contributed by atoms with Gasteiger partial charge in [0.2, 0.25) is 0 Å². The molecule has 2 heteroatoms. The van der Waals surface area contributed by atoms with Crippen molar-refractivity contribution < 1.29 is 0 Å². The van der Waals surface area contributed by atoms with E-state index >= 15 is 0 Å². The second-order valence-electron chi connectivity index (χ2n) is 4.47. The third-order valence-corrected chi connectivity index (χ3v) is 4.06. The zero-order valence-corrected chi connectivity index (χ0v) is 11.7. The Kier molecular flexibility index (Phi) is 4.45. The molecule has 0 bridgehead atoms. The van der Waals surface area contributed by atoms with E-state index in [4.69, 9.17) is 5.73 Å². The van der Waals surface area contributed by atoms with E-state index in [1.807, 2.05) is 0 Å². The molecule has 2 aromatic rings. The first-order chi connectivity index (χ1) is 8.70. The lowest BCUT2D eigenvalue weighted by molar-refractivity contribution is 0.685. The number of benzene rings is 2. The molecule has 0 saturated heterocycles. The van der Waals surface area contributed by atoms with E-state index in [9.17, 15) is 0 Å². The molecule has 0 heterocycles. The summed E-state index contributed by atoms with van der Waals surface area (Å²) < 4.78 is 0. The Morgan fingerprint density at radius 2 is 1.89 bits per heavy atom. The van der Waals surface area contributed by atoms with Crippen LogP contribution in [0, 0.1) is 6.92 Å². The van der Waals surface area contributed by atoms with Crippen LogP contribution < -0.4 is 5.73 Å². The van der Waals surface area contributed by atoms with Crippen molar-refractivity contribution >= 4 is 11.8 Å². The van der Waals surface area contributed by atoms with Gasteiger partial charge in [0.25, 0.3) is 0 Å². The lowest BCUT2D eigenvalue weighted by Gasteiger charge is -2.14. The minimum absolute atomic E-state index is 0.124. The summed E-state index contributed by atoms with van der Waals surface area (Å²) in [6, 6.07) is 17.1. The van der Waals surface area contributed by atoms with Gasteiger partial charge in [-0.05, 0) is 37.1 Å². The van der Waals surface area contributed by atoms with E-state index in [2.05, 4.69) is 62.4 Å². The highest BCUT2D eigenvalue weighted by atomic mass is 32.2. The van der Waals surface area contributed by atoms with Gasteiger partial charge in [-0.2, -0.15) is 0 Å². The molecule has 0 aliphatic carbocycles. The van der Waals surface area contributed by atoms with E-state index in [1.54, 1.807) is 11.8 Å². The fraction of sp³-hybridized carbons (Fsp3) is 0.250. The van der Waals surface area contributed by atoms with Gasteiger partial charge in [0.05, 0.1) is 0 Å². The maximum Gasteiger partial charge on any atom is 0.0303 e. The number of hydrogen-bond acceptors (Lipinski definition) is 2. The second kappa shape index (κ2) is 6.07. The number of rotatable bonds is 4. The van der Waals surface area contributed by atoms with Gasteiger partial charge in [-0.1, -0.05) is 54.6 Å². The third kappa shape index (κ3) is 3.15. The van der Waals surface area contributed by atoms with E-state index in [-0.39, 0.29) is 6.04 Å². The van der Waals surface area contributed by atoms with Gasteiger partial charge in [0.15, 0.2) is 0 Å². The normalized spacial score (nSPS) is 12.4. The zero-order valence-electron chi connectivity index (χ0n) is 10.9. The lowest BCUT2D eigenvalue weighted by atomic mass is 10.1. The third-order valence-electron chi connectivity index (χ3n) is 2.98. The monoisotopic (exact) mass is 257 g/mol. The zero-order chi connectivity index (χ0) is 13.0. The van der Waals surface area contributed by atoms with Crippen molar-refractivity contribution in [2.45, 2.75) is 36.1 Å². The second-order valence-corrected chi connectivity index (χ2v) is 5.59. The summed E-state index contributed by atoms with van der Waals surface area (Å²) >= 11 is 1.79. The first-order valence-electron chi connectivity index (χ1n) is 6.29. The van der Waals surface area contributed by atoms with Crippen LogP contribution >= 0.6 is 11.8 Å². The van der Waals surface area contributed by atoms with Crippen LogP contribution in [0.5, 0.6) is 0 Å². The van der Waals surface area contributed by atoms with Gasteiger partial charge >= 0.3 is 0 Å². The largest absolute Gasteiger partial charge is 0.324 e. The Bertz CT molecular complexity index is 522. The standard InChI is InChI=1S/C16H19NS/c1-3-15(17)14-9-4-5-10-16(14)18-13-8-6-7-12(2)11-13/h4-11,15H,3,17H2,1-2H3. The molecular formula is C16H19NS. The van der Waals surface area contributed by atoms with Crippen molar-refractivity contribution in [1.29, 1.82) is 0 Å². The molecule has 0 amide bonds. The molecule has 0 radical (unpaired) electrons. The van der Waals surface area contributed by atoms with Crippen LogP contribution in [0.15, 0.2) is 58.3 Å². The van der Waals surface area contributed by atoms with E-state index in [0.717, 1.165) is 6.42 Å². The summed E-state index contributed by atoms with van der Waals surface area (Å²) in [4.78, 5) is 2.53. The molecule has 2 rings (SSSR count). The summed E-state index contributed by atoms with van der Waals surface area (Å²) in [5.41, 5.74) is 8.70. The van der Waals surface area contributed by atoms with Crippen LogP contribution in [-0.2, 0) is 0 Å². The summed E-state index contributed by atoms with van der Waals surface area (Å²) in [6.45, 7) is 4.24. The molecule has 0 aliphatic rings. The average Bonchev–Trinajstić information content (AvgIpc) is 2.38. The molecule has 1 nitrogen and oxygen atoms in total. The molecule has 0 aliphatic heterocycles. The van der Waals surface area contributed by atoms with Gasteiger partial charge < -0.3 is 5.73 Å². The summed E-state index contributed by atoms with van der Waals surface area (Å²) in [5.74, 6) is 0. The summed E-state index contributed by atoms with van der Waals surface area (Å²) in [7, 11) is 0.